The van der Waals surface area contributed by atoms with Crippen LogP contribution in [0.4, 0.5) is 13.2 Å². The summed E-state index contributed by atoms with van der Waals surface area (Å²) in [5, 5.41) is 0.657. The van der Waals surface area contributed by atoms with Crippen molar-refractivity contribution in [1.82, 2.24) is 0 Å². The Morgan fingerprint density at radius 3 is 2.50 bits per heavy atom. The molecule has 0 amide bonds. The molecule has 3 aromatic rings. The van der Waals surface area contributed by atoms with Crippen molar-refractivity contribution < 1.29 is 27.1 Å². The average molecular weight is 388 g/mol. The molecule has 0 saturated carbocycles. The summed E-state index contributed by atoms with van der Waals surface area (Å²) in [5.74, 6) is -0.687. The molecule has 0 bridgehead atoms. The molecule has 0 aliphatic heterocycles. The molecular formula is C21H15F3O4. The molecule has 4 nitrogen and oxygen atoms in total. The highest BCUT2D eigenvalue weighted by molar-refractivity contribution is 5.87. The van der Waals surface area contributed by atoms with Crippen LogP contribution in [-0.4, -0.2) is 5.97 Å². The number of fused-ring (bicyclic) bond motifs is 1. The first kappa shape index (κ1) is 19.4. The number of carbonyl (C=O) groups excluding carboxylic acids is 1. The van der Waals surface area contributed by atoms with E-state index in [0.717, 1.165) is 23.8 Å². The number of halogens is 3. The van der Waals surface area contributed by atoms with E-state index in [2.05, 4.69) is 0 Å². The van der Waals surface area contributed by atoms with Gasteiger partial charge in [-0.05, 0) is 42.3 Å². The number of hydrogen-bond acceptors (Lipinski definition) is 4. The van der Waals surface area contributed by atoms with Crippen molar-refractivity contribution in [2.24, 2.45) is 0 Å². The van der Waals surface area contributed by atoms with Crippen molar-refractivity contribution in [3.63, 3.8) is 0 Å². The molecule has 7 heteroatoms. The molecule has 0 saturated heterocycles. The lowest BCUT2D eigenvalue weighted by molar-refractivity contribution is -0.139. The van der Waals surface area contributed by atoms with Crippen molar-refractivity contribution in [3.8, 4) is 0 Å². The van der Waals surface area contributed by atoms with E-state index in [-0.39, 0.29) is 6.61 Å². The number of hydrogen-bond donors (Lipinski definition) is 0. The highest BCUT2D eigenvalue weighted by Gasteiger charge is 2.29. The van der Waals surface area contributed by atoms with E-state index >= 15 is 0 Å². The first-order valence-electron chi connectivity index (χ1n) is 8.28. The van der Waals surface area contributed by atoms with E-state index in [1.54, 1.807) is 12.1 Å². The highest BCUT2D eigenvalue weighted by atomic mass is 19.4. The van der Waals surface area contributed by atoms with Crippen LogP contribution in [0.2, 0.25) is 0 Å². The van der Waals surface area contributed by atoms with Gasteiger partial charge in [-0.3, -0.25) is 0 Å². The lowest BCUT2D eigenvalue weighted by Crippen LogP contribution is -2.06. The third kappa shape index (κ3) is 4.68. The van der Waals surface area contributed by atoms with Crippen LogP contribution in [0.5, 0.6) is 0 Å². The highest BCUT2D eigenvalue weighted by Crippen LogP contribution is 2.29. The average Bonchev–Trinajstić information content (AvgIpc) is 2.63. The number of alkyl halides is 3. The predicted octanol–water partition coefficient (Wildman–Crippen LogP) is 4.88. The zero-order valence-corrected chi connectivity index (χ0v) is 14.7. The Balaban J connectivity index is 1.68. The summed E-state index contributed by atoms with van der Waals surface area (Å²) >= 11 is 0. The summed E-state index contributed by atoms with van der Waals surface area (Å²) in [4.78, 5) is 23.6. The van der Waals surface area contributed by atoms with Crippen molar-refractivity contribution in [2.75, 3.05) is 0 Å². The minimum absolute atomic E-state index is 0.138. The van der Waals surface area contributed by atoms with Gasteiger partial charge in [0.15, 0.2) is 0 Å². The first-order chi connectivity index (χ1) is 13.2. The van der Waals surface area contributed by atoms with Gasteiger partial charge in [0, 0.05) is 23.1 Å². The summed E-state index contributed by atoms with van der Waals surface area (Å²) in [6.45, 7) is 1.72. The van der Waals surface area contributed by atoms with Crippen LogP contribution in [0.25, 0.3) is 17.0 Å². The van der Waals surface area contributed by atoms with Gasteiger partial charge < -0.3 is 9.15 Å². The fourth-order valence-corrected chi connectivity index (χ4v) is 2.60. The quantitative estimate of drug-likeness (QED) is 0.363. The van der Waals surface area contributed by atoms with E-state index in [9.17, 15) is 22.8 Å². The minimum atomic E-state index is -4.41. The molecule has 0 unspecified atom stereocenters. The molecule has 144 valence electrons. The molecule has 0 atom stereocenters. The smallest absolute Gasteiger partial charge is 0.416 e. The van der Waals surface area contributed by atoms with E-state index in [1.165, 1.54) is 24.3 Å². The molecule has 1 aromatic heterocycles. The molecule has 0 aliphatic rings. The number of rotatable bonds is 4. The summed E-state index contributed by atoms with van der Waals surface area (Å²) in [6.07, 6.45) is -1.95. The topological polar surface area (TPSA) is 56.5 Å². The largest absolute Gasteiger partial charge is 0.458 e. The first-order valence-corrected chi connectivity index (χ1v) is 8.28. The summed E-state index contributed by atoms with van der Waals surface area (Å²) in [5.41, 5.74) is 0.929. The van der Waals surface area contributed by atoms with Gasteiger partial charge >= 0.3 is 17.8 Å². The molecular weight excluding hydrogens is 373 g/mol. The van der Waals surface area contributed by atoms with Gasteiger partial charge in [0.05, 0.1) is 5.56 Å². The standard InChI is InChI=1S/C21H15F3O4/c1-13-2-8-17-15(11-20(26)28-18(17)10-13)12-27-19(25)9-5-14-3-6-16(7-4-14)21(22,23)24/h2-11H,12H2,1H3/b9-5+. The molecule has 0 radical (unpaired) electrons. The Bertz CT molecular complexity index is 1090. The normalized spacial score (nSPS) is 11.9. The van der Waals surface area contributed by atoms with Gasteiger partial charge in [0.25, 0.3) is 0 Å². The number of aryl methyl sites for hydroxylation is 1. The Labute approximate surface area is 157 Å². The fraction of sp³-hybridized carbons (Fsp3) is 0.143. The van der Waals surface area contributed by atoms with E-state index in [1.807, 2.05) is 13.0 Å². The predicted molar refractivity (Wildman–Crippen MR) is 97.5 cm³/mol. The third-order valence-corrected chi connectivity index (χ3v) is 4.01. The Kier molecular flexibility index (Phi) is 5.35. The SMILES string of the molecule is Cc1ccc2c(COC(=O)/C=C/c3ccc(C(F)(F)F)cc3)cc(=O)oc2c1. The van der Waals surface area contributed by atoms with E-state index in [4.69, 9.17) is 9.15 Å². The molecule has 28 heavy (non-hydrogen) atoms. The van der Waals surface area contributed by atoms with Crippen LogP contribution in [0.15, 0.2) is 63.8 Å². The fourth-order valence-electron chi connectivity index (χ4n) is 2.60. The summed E-state index contributed by atoms with van der Waals surface area (Å²) < 4.78 is 47.9. The lowest BCUT2D eigenvalue weighted by Gasteiger charge is -2.07. The van der Waals surface area contributed by atoms with Crippen LogP contribution in [0.3, 0.4) is 0 Å². The second-order valence-electron chi connectivity index (χ2n) is 6.15. The second-order valence-corrected chi connectivity index (χ2v) is 6.15. The molecule has 0 spiro atoms. The molecule has 2 aromatic carbocycles. The molecule has 0 N–H and O–H groups in total. The van der Waals surface area contributed by atoms with Gasteiger partial charge in [0.1, 0.15) is 12.2 Å². The lowest BCUT2D eigenvalue weighted by atomic mass is 10.1. The Morgan fingerprint density at radius 2 is 1.82 bits per heavy atom. The van der Waals surface area contributed by atoms with Gasteiger partial charge in [-0.1, -0.05) is 24.3 Å². The molecule has 0 aliphatic carbocycles. The van der Waals surface area contributed by atoms with Crippen molar-refractivity contribution in [1.29, 1.82) is 0 Å². The number of benzene rings is 2. The van der Waals surface area contributed by atoms with Crippen molar-refractivity contribution >= 4 is 23.0 Å². The Morgan fingerprint density at radius 1 is 1.11 bits per heavy atom. The van der Waals surface area contributed by atoms with Crippen LogP contribution >= 0.6 is 0 Å². The van der Waals surface area contributed by atoms with Crippen molar-refractivity contribution in [2.45, 2.75) is 19.7 Å². The van der Waals surface area contributed by atoms with Gasteiger partial charge in [-0.25, -0.2) is 9.59 Å². The molecule has 3 rings (SSSR count). The number of esters is 1. The van der Waals surface area contributed by atoms with Gasteiger partial charge in [-0.2, -0.15) is 13.2 Å². The molecule has 0 fully saturated rings. The van der Waals surface area contributed by atoms with E-state index < -0.39 is 23.3 Å². The van der Waals surface area contributed by atoms with Crippen LogP contribution in [-0.2, 0) is 22.3 Å². The van der Waals surface area contributed by atoms with Crippen LogP contribution < -0.4 is 5.63 Å². The maximum Gasteiger partial charge on any atom is 0.416 e. The van der Waals surface area contributed by atoms with Crippen LogP contribution in [0, 0.1) is 6.92 Å². The number of carbonyl (C=O) groups is 1. The zero-order valence-electron chi connectivity index (χ0n) is 14.7. The van der Waals surface area contributed by atoms with Crippen molar-refractivity contribution in [3.05, 3.63) is 87.3 Å². The maximum absolute atomic E-state index is 12.5. The maximum atomic E-state index is 12.5. The van der Waals surface area contributed by atoms with E-state index in [0.29, 0.717) is 22.1 Å². The Hall–Kier alpha value is -3.35. The van der Waals surface area contributed by atoms with Gasteiger partial charge in [0.2, 0.25) is 0 Å². The summed E-state index contributed by atoms with van der Waals surface area (Å²) in [6, 6.07) is 11.0. The summed E-state index contributed by atoms with van der Waals surface area (Å²) in [7, 11) is 0. The molecule has 1 heterocycles. The number of ether oxygens (including phenoxy) is 1. The zero-order chi connectivity index (χ0) is 20.3. The second kappa shape index (κ2) is 7.72. The van der Waals surface area contributed by atoms with Gasteiger partial charge in [-0.15, -0.1) is 0 Å². The van der Waals surface area contributed by atoms with Crippen LogP contribution in [0.1, 0.15) is 22.3 Å². The third-order valence-electron chi connectivity index (χ3n) is 4.01. The monoisotopic (exact) mass is 388 g/mol. The minimum Gasteiger partial charge on any atom is -0.458 e.